The van der Waals surface area contributed by atoms with Crippen LogP contribution in [0.2, 0.25) is 0 Å². The van der Waals surface area contributed by atoms with Crippen molar-refractivity contribution in [2.24, 2.45) is 12.8 Å². The van der Waals surface area contributed by atoms with Gasteiger partial charge in [0.25, 0.3) is 5.56 Å². The van der Waals surface area contributed by atoms with E-state index in [2.05, 4.69) is 50.2 Å². The number of aryl methyl sites for hydroxylation is 1. The van der Waals surface area contributed by atoms with Gasteiger partial charge in [-0.05, 0) is 93.0 Å². The fraction of sp³-hybridized carbons (Fsp3) is 0.414. The topological polar surface area (TPSA) is 283 Å². The van der Waals surface area contributed by atoms with Crippen LogP contribution in [-0.2, 0) is 31.8 Å². The van der Waals surface area contributed by atoms with Gasteiger partial charge in [0.15, 0.2) is 5.60 Å². The summed E-state index contributed by atoms with van der Waals surface area (Å²) in [6.45, 7) is 5.13. The van der Waals surface area contributed by atoms with Gasteiger partial charge < -0.3 is 60.7 Å². The number of pyridine rings is 1. The SMILES string of the molecule is COc1ccc(C#CCNC2(C)CCN(C3CCN(c4nc(C(CO)(OC5CC5)c5ccccc5)c5cc(-c6cn(C)c(=O)c7[nH]ccc67)ccc5n4)CC3)CC2)cc1N1CCC(=O)N(CNC(=O)C(CC(N)=O)NC(=O)O)C1=O. The van der Waals surface area contributed by atoms with Crippen LogP contribution in [0.5, 0.6) is 5.75 Å². The van der Waals surface area contributed by atoms with E-state index in [1.165, 1.54) is 12.0 Å². The number of piperidine rings is 2. The fourth-order valence-electron chi connectivity index (χ4n) is 11.2. The Kier molecular flexibility index (Phi) is 15.9. The molecule has 22 heteroatoms. The van der Waals surface area contributed by atoms with Crippen molar-refractivity contribution in [3.8, 4) is 28.7 Å². The average Bonchev–Trinajstić information content (AvgIpc) is 4.22. The maximum atomic E-state index is 13.7. The van der Waals surface area contributed by atoms with Crippen molar-refractivity contribution in [1.29, 1.82) is 0 Å². The number of carboxylic acid groups (broad SMARTS) is 1. The van der Waals surface area contributed by atoms with E-state index in [1.54, 1.807) is 36.0 Å². The Morgan fingerprint density at radius 3 is 2.41 bits per heavy atom. The van der Waals surface area contributed by atoms with Crippen molar-refractivity contribution in [3.05, 3.63) is 112 Å². The van der Waals surface area contributed by atoms with Crippen molar-refractivity contribution in [2.45, 2.75) is 87.6 Å². The quantitative estimate of drug-likeness (QED) is 0.0597. The number of H-pyrrole nitrogens is 1. The van der Waals surface area contributed by atoms with Gasteiger partial charge in [0.2, 0.25) is 23.7 Å². The molecule has 3 saturated heterocycles. The summed E-state index contributed by atoms with van der Waals surface area (Å²) in [6, 6.07) is 21.2. The van der Waals surface area contributed by atoms with E-state index in [-0.39, 0.29) is 36.8 Å². The number of carbonyl (C=O) groups is 5. The first-order valence-corrected chi connectivity index (χ1v) is 27.0. The van der Waals surface area contributed by atoms with Gasteiger partial charge in [-0.3, -0.25) is 24.1 Å². The van der Waals surface area contributed by atoms with E-state index in [1.807, 2.05) is 60.0 Å². The predicted molar refractivity (Wildman–Crippen MR) is 299 cm³/mol. The van der Waals surface area contributed by atoms with Crippen molar-refractivity contribution >= 4 is 63.3 Å². The number of urea groups is 1. The number of likely N-dealkylation sites (tertiary alicyclic amines) is 1. The van der Waals surface area contributed by atoms with Crippen LogP contribution in [-0.4, -0.2) is 153 Å². The van der Waals surface area contributed by atoms with Crippen LogP contribution in [0.25, 0.3) is 32.9 Å². The Labute approximate surface area is 461 Å². The monoisotopic (exact) mass is 1090 g/mol. The number of ether oxygens (including phenoxy) is 2. The number of aromatic amines is 1. The van der Waals surface area contributed by atoms with Gasteiger partial charge in [0.1, 0.15) is 24.0 Å². The number of nitrogens with two attached hydrogens (primary N) is 1. The number of primary amides is 1. The molecule has 4 aliphatic rings. The number of benzene rings is 3. The van der Waals surface area contributed by atoms with E-state index in [4.69, 9.17) is 30.3 Å². The Hall–Kier alpha value is -8.36. The molecule has 6 aromatic rings. The first-order chi connectivity index (χ1) is 38.6. The number of hydrogen-bond acceptors (Lipinski definition) is 14. The van der Waals surface area contributed by atoms with E-state index >= 15 is 0 Å². The molecule has 3 aromatic heterocycles. The molecule has 1 aliphatic carbocycles. The number of rotatable bonds is 18. The summed E-state index contributed by atoms with van der Waals surface area (Å²) in [6.07, 6.45) is 6.87. The minimum atomic E-state index is -1.55. The first-order valence-electron chi connectivity index (χ1n) is 27.0. The molecule has 3 aliphatic heterocycles. The number of aliphatic hydroxyl groups excluding tert-OH is 1. The number of anilines is 2. The third kappa shape index (κ3) is 11.5. The van der Waals surface area contributed by atoms with Gasteiger partial charge in [-0.2, -0.15) is 0 Å². The molecule has 2 atom stereocenters. The standard InChI is InChI=1S/C58H66N12O10/c1-57(62-23-7-8-36-11-16-47(79-3)46(30-36)69-27-20-49(73)70(56(69)78)35-61-52(74)45(32-48(59)72)64-55(76)77)21-28-67(29-22-57)39-18-25-68(26-19-39)54-63-44-15-12-37(43-33-66(2)53(75)50-41(43)17-24-60-50)31-42(44)51(65-54)58(34-71,80-40-13-14-40)38-9-5-4-6-10-38/h4-6,9-12,15-17,24,30-31,33,39-40,45,60,62,64,71H,13-14,18-23,25-29,32,34-35H2,1-3H3,(H2,59,72)(H,61,74)(H,76,77). The van der Waals surface area contributed by atoms with Gasteiger partial charge in [0.05, 0.1) is 49.7 Å². The molecule has 2 unspecified atom stereocenters. The van der Waals surface area contributed by atoms with Crippen LogP contribution in [0.3, 0.4) is 0 Å². The summed E-state index contributed by atoms with van der Waals surface area (Å²) in [5, 5.41) is 30.2. The minimum Gasteiger partial charge on any atom is -0.495 e. The molecule has 22 nitrogen and oxygen atoms in total. The van der Waals surface area contributed by atoms with Gasteiger partial charge in [-0.1, -0.05) is 48.2 Å². The Morgan fingerprint density at radius 1 is 0.950 bits per heavy atom. The smallest absolute Gasteiger partial charge is 0.405 e. The summed E-state index contributed by atoms with van der Waals surface area (Å²) in [5.41, 5.74) is 9.09. The number of aromatic nitrogens is 4. The summed E-state index contributed by atoms with van der Waals surface area (Å²) in [4.78, 5) is 95.8. The van der Waals surface area contributed by atoms with Crippen LogP contribution in [0.4, 0.5) is 21.2 Å². The summed E-state index contributed by atoms with van der Waals surface area (Å²) in [7, 11) is 3.21. The number of amides is 6. The molecule has 1 saturated carbocycles. The Morgan fingerprint density at radius 2 is 1.71 bits per heavy atom. The zero-order chi connectivity index (χ0) is 56.3. The molecule has 6 heterocycles. The molecule has 8 N–H and O–H groups in total. The van der Waals surface area contributed by atoms with Crippen molar-refractivity contribution in [1.82, 2.24) is 45.3 Å². The number of nitrogens with zero attached hydrogens (tertiary/aromatic N) is 7. The molecular formula is C58H66N12O10. The predicted octanol–water partition coefficient (Wildman–Crippen LogP) is 4.11. The lowest BCUT2D eigenvalue weighted by molar-refractivity contribution is -0.131. The highest BCUT2D eigenvalue weighted by atomic mass is 16.5. The zero-order valence-electron chi connectivity index (χ0n) is 45.0. The lowest BCUT2D eigenvalue weighted by Crippen LogP contribution is -2.57. The first kappa shape index (κ1) is 55.0. The highest BCUT2D eigenvalue weighted by molar-refractivity contribution is 6.07. The number of aliphatic hydroxyl groups is 1. The van der Waals surface area contributed by atoms with Gasteiger partial charge in [0, 0.05) is 92.1 Å². The van der Waals surface area contributed by atoms with Crippen molar-refractivity contribution < 1.29 is 43.7 Å². The number of carbonyl (C=O) groups excluding carboxylic acids is 4. The Balaban J connectivity index is 0.785. The second-order valence-corrected chi connectivity index (χ2v) is 21.2. The Bertz CT molecular complexity index is 3450. The lowest BCUT2D eigenvalue weighted by Gasteiger charge is -2.45. The summed E-state index contributed by atoms with van der Waals surface area (Å²) >= 11 is 0. The second-order valence-electron chi connectivity index (χ2n) is 21.2. The number of hydrogen-bond donors (Lipinski definition) is 7. The molecular weight excluding hydrogens is 1020 g/mol. The molecule has 10 rings (SSSR count). The van der Waals surface area contributed by atoms with Crippen LogP contribution >= 0.6 is 0 Å². The van der Waals surface area contributed by atoms with Crippen LogP contribution in [0.15, 0.2) is 90.0 Å². The molecule has 0 bridgehead atoms. The number of imide groups is 1. The largest absolute Gasteiger partial charge is 0.495 e. The zero-order valence-corrected chi connectivity index (χ0v) is 45.0. The van der Waals surface area contributed by atoms with E-state index < -0.39 is 54.6 Å². The van der Waals surface area contributed by atoms with Gasteiger partial charge in [-0.15, -0.1) is 0 Å². The third-order valence-electron chi connectivity index (χ3n) is 15.8. The summed E-state index contributed by atoms with van der Waals surface area (Å²) in [5.74, 6) is 4.98. The molecule has 418 valence electrons. The van der Waals surface area contributed by atoms with Crippen LogP contribution < -0.4 is 41.8 Å². The van der Waals surface area contributed by atoms with E-state index in [0.29, 0.717) is 46.7 Å². The molecule has 0 spiro atoms. The molecule has 80 heavy (non-hydrogen) atoms. The number of nitrogens with one attached hydrogen (secondary N) is 4. The van der Waals surface area contributed by atoms with Crippen LogP contribution in [0.1, 0.15) is 75.1 Å². The van der Waals surface area contributed by atoms with Crippen molar-refractivity contribution in [2.75, 3.05) is 69.5 Å². The van der Waals surface area contributed by atoms with Gasteiger partial charge in [-0.25, -0.2) is 24.5 Å². The molecule has 6 amide bonds. The van der Waals surface area contributed by atoms with E-state index in [9.17, 15) is 33.9 Å². The average molecular weight is 1090 g/mol. The van der Waals surface area contributed by atoms with Crippen molar-refractivity contribution in [3.63, 3.8) is 0 Å². The van der Waals surface area contributed by atoms with Gasteiger partial charge >= 0.3 is 12.1 Å². The number of methoxy groups -OCH3 is 1. The molecule has 3 aromatic carbocycles. The van der Waals surface area contributed by atoms with E-state index in [0.717, 1.165) is 103 Å². The third-order valence-corrected chi connectivity index (χ3v) is 15.8. The fourth-order valence-corrected chi connectivity index (χ4v) is 11.2. The number of fused-ring (bicyclic) bond motifs is 2. The highest BCUT2D eigenvalue weighted by Crippen LogP contribution is 2.44. The maximum absolute atomic E-state index is 13.7. The normalized spacial score (nSPS) is 18.1. The molecule has 4 fully saturated rings. The second kappa shape index (κ2) is 23.2. The molecule has 0 radical (unpaired) electrons. The lowest BCUT2D eigenvalue weighted by atomic mass is 9.87. The maximum Gasteiger partial charge on any atom is 0.405 e. The summed E-state index contributed by atoms with van der Waals surface area (Å²) < 4.78 is 14.1. The highest BCUT2D eigenvalue weighted by Gasteiger charge is 2.44. The van der Waals surface area contributed by atoms with Crippen LogP contribution in [0, 0.1) is 11.8 Å². The minimum absolute atomic E-state index is 0.0192.